The van der Waals surface area contributed by atoms with Gasteiger partial charge in [0.1, 0.15) is 9.62 Å². The van der Waals surface area contributed by atoms with Crippen molar-refractivity contribution >= 4 is 54.1 Å². The Labute approximate surface area is 163 Å². The predicted octanol–water partition coefficient (Wildman–Crippen LogP) is 3.19. The number of rotatable bonds is 5. The van der Waals surface area contributed by atoms with Crippen molar-refractivity contribution in [3.05, 3.63) is 39.3 Å². The van der Waals surface area contributed by atoms with Gasteiger partial charge in [-0.15, -0.1) is 0 Å². The van der Waals surface area contributed by atoms with Crippen molar-refractivity contribution in [1.82, 2.24) is 4.98 Å². The Morgan fingerprint density at radius 3 is 2.35 bits per heavy atom. The number of aromatic nitrogens is 1. The molecule has 0 unspecified atom stereocenters. The van der Waals surface area contributed by atoms with Crippen LogP contribution in [0.1, 0.15) is 29.2 Å². The summed E-state index contributed by atoms with van der Waals surface area (Å²) in [4.78, 5) is 28.6. The van der Waals surface area contributed by atoms with Gasteiger partial charge in [0.15, 0.2) is 15.0 Å². The molecular formula is C16H17BrN2O5S2. The smallest absolute Gasteiger partial charge is 0.350 e. The molecule has 2 aromatic rings. The Morgan fingerprint density at radius 2 is 1.81 bits per heavy atom. The van der Waals surface area contributed by atoms with Gasteiger partial charge < -0.3 is 10.1 Å². The number of anilines is 1. The van der Waals surface area contributed by atoms with Crippen LogP contribution in [0.3, 0.4) is 0 Å². The summed E-state index contributed by atoms with van der Waals surface area (Å²) in [6.07, 6.45) is 0. The number of amides is 1. The maximum absolute atomic E-state index is 12.9. The highest BCUT2D eigenvalue weighted by Crippen LogP contribution is 2.29. The third-order valence-corrected chi connectivity index (χ3v) is 7.73. The quantitative estimate of drug-likeness (QED) is 0.687. The fraction of sp³-hybridized carbons (Fsp3) is 0.312. The summed E-state index contributed by atoms with van der Waals surface area (Å²) in [5.74, 6) is -1.31. The minimum Gasteiger partial charge on any atom is -0.465 e. The summed E-state index contributed by atoms with van der Waals surface area (Å²) in [6, 6.07) is 6.04. The van der Waals surface area contributed by atoms with Crippen molar-refractivity contribution in [2.45, 2.75) is 30.4 Å². The van der Waals surface area contributed by atoms with E-state index in [1.165, 1.54) is 33.1 Å². The van der Waals surface area contributed by atoms with Gasteiger partial charge in [-0.3, -0.25) is 4.79 Å². The van der Waals surface area contributed by atoms with Gasteiger partial charge >= 0.3 is 5.97 Å². The summed E-state index contributed by atoms with van der Waals surface area (Å²) in [6.45, 7) is 4.24. The highest BCUT2D eigenvalue weighted by molar-refractivity contribution is 9.10. The number of ether oxygens (including phenoxy) is 1. The molecule has 10 heteroatoms. The number of thiazole rings is 1. The second-order valence-corrected chi connectivity index (χ2v) is 10.3. The molecule has 1 aromatic heterocycles. The fourth-order valence-corrected chi connectivity index (χ4v) is 4.53. The van der Waals surface area contributed by atoms with Crippen LogP contribution in [0.15, 0.2) is 33.6 Å². The molecule has 0 fully saturated rings. The maximum atomic E-state index is 12.9. The number of halogens is 1. The van der Waals surface area contributed by atoms with Crippen molar-refractivity contribution < 1.29 is 22.7 Å². The van der Waals surface area contributed by atoms with Gasteiger partial charge in [0.2, 0.25) is 5.91 Å². The molecule has 0 saturated carbocycles. The molecule has 0 atom stereocenters. The number of hydrogen-bond donors (Lipinski definition) is 1. The average molecular weight is 461 g/mol. The lowest BCUT2D eigenvalue weighted by Crippen LogP contribution is -2.44. The summed E-state index contributed by atoms with van der Waals surface area (Å²) >= 11 is 4.17. The molecule has 0 bridgehead atoms. The number of aryl methyl sites for hydroxylation is 1. The number of methoxy groups -OCH3 is 1. The molecule has 0 aliphatic carbocycles. The van der Waals surface area contributed by atoms with Gasteiger partial charge in [-0.2, -0.15) is 0 Å². The molecule has 1 heterocycles. The maximum Gasteiger partial charge on any atom is 0.350 e. The Kier molecular flexibility index (Phi) is 5.89. The first-order chi connectivity index (χ1) is 12.0. The normalized spacial score (nSPS) is 11.9. The molecule has 2 rings (SSSR count). The first-order valence-electron chi connectivity index (χ1n) is 7.38. The topological polar surface area (TPSA) is 102 Å². The third-order valence-electron chi connectivity index (χ3n) is 3.73. The number of esters is 1. The van der Waals surface area contributed by atoms with E-state index in [1.807, 2.05) is 0 Å². The Hall–Kier alpha value is -1.78. The molecule has 1 aromatic carbocycles. The van der Waals surface area contributed by atoms with Gasteiger partial charge in [-0.1, -0.05) is 27.3 Å². The zero-order valence-electron chi connectivity index (χ0n) is 14.5. The number of nitrogens with one attached hydrogen (secondary N) is 1. The zero-order valence-corrected chi connectivity index (χ0v) is 17.7. The zero-order chi connectivity index (χ0) is 19.7. The number of benzene rings is 1. The summed E-state index contributed by atoms with van der Waals surface area (Å²) in [5.41, 5.74) is 0.394. The van der Waals surface area contributed by atoms with Crippen LogP contribution >= 0.6 is 27.3 Å². The monoisotopic (exact) mass is 460 g/mol. The molecule has 0 aliphatic rings. The summed E-state index contributed by atoms with van der Waals surface area (Å²) in [7, 11) is -2.70. The van der Waals surface area contributed by atoms with E-state index in [2.05, 4.69) is 31.0 Å². The van der Waals surface area contributed by atoms with Gasteiger partial charge in [0, 0.05) is 4.47 Å². The molecule has 7 nitrogen and oxygen atoms in total. The van der Waals surface area contributed by atoms with E-state index in [1.54, 1.807) is 19.1 Å². The van der Waals surface area contributed by atoms with Crippen molar-refractivity contribution in [1.29, 1.82) is 0 Å². The van der Waals surface area contributed by atoms with Gasteiger partial charge in [-0.25, -0.2) is 18.2 Å². The number of carbonyl (C=O) groups is 2. The van der Waals surface area contributed by atoms with Crippen LogP contribution in [-0.4, -0.2) is 37.1 Å². The summed E-state index contributed by atoms with van der Waals surface area (Å²) < 4.78 is 29.3. The van der Waals surface area contributed by atoms with Crippen LogP contribution < -0.4 is 5.32 Å². The standard InChI is InChI=1S/C16H17BrN2O5S2/c1-9-12(13(20)24-4)25-15(18-9)19-14(21)16(2,3)26(22,23)11-7-5-10(17)6-8-11/h5-8H,1-4H3,(H,18,19,21). The number of carbonyl (C=O) groups excluding carboxylic acids is 2. The van der Waals surface area contributed by atoms with Crippen LogP contribution in [0, 0.1) is 6.92 Å². The Morgan fingerprint density at radius 1 is 1.23 bits per heavy atom. The van der Waals surface area contributed by atoms with E-state index in [4.69, 9.17) is 0 Å². The predicted molar refractivity (Wildman–Crippen MR) is 102 cm³/mol. The lowest BCUT2D eigenvalue weighted by molar-refractivity contribution is -0.117. The van der Waals surface area contributed by atoms with Gasteiger partial charge in [0.05, 0.1) is 17.7 Å². The minimum atomic E-state index is -3.95. The second-order valence-electron chi connectivity index (χ2n) is 5.85. The largest absolute Gasteiger partial charge is 0.465 e. The van der Waals surface area contributed by atoms with Crippen LogP contribution in [-0.2, 0) is 19.4 Å². The van der Waals surface area contributed by atoms with Crippen LogP contribution in [0.25, 0.3) is 0 Å². The Balaban J connectivity index is 2.30. The molecule has 1 amide bonds. The lowest BCUT2D eigenvalue weighted by Gasteiger charge is -2.23. The molecule has 26 heavy (non-hydrogen) atoms. The SMILES string of the molecule is COC(=O)c1sc(NC(=O)C(C)(C)S(=O)(=O)c2ccc(Br)cc2)nc1C. The van der Waals surface area contributed by atoms with E-state index in [0.29, 0.717) is 5.69 Å². The van der Waals surface area contributed by atoms with Gasteiger partial charge in [0.25, 0.3) is 0 Å². The van der Waals surface area contributed by atoms with E-state index in [9.17, 15) is 18.0 Å². The number of nitrogens with zero attached hydrogens (tertiary/aromatic N) is 1. The molecule has 0 aliphatic heterocycles. The highest BCUT2D eigenvalue weighted by Gasteiger charge is 2.43. The molecular weight excluding hydrogens is 444 g/mol. The Bertz CT molecular complexity index is 950. The first kappa shape index (κ1) is 20.5. The minimum absolute atomic E-state index is 0.0337. The molecule has 0 saturated heterocycles. The van der Waals surface area contributed by atoms with Crippen LogP contribution in [0.2, 0.25) is 0 Å². The lowest BCUT2D eigenvalue weighted by atomic mass is 10.2. The molecule has 0 spiro atoms. The van der Waals surface area contributed by atoms with Crippen molar-refractivity contribution in [3.63, 3.8) is 0 Å². The number of sulfone groups is 1. The first-order valence-corrected chi connectivity index (χ1v) is 10.5. The second kappa shape index (κ2) is 7.45. The van der Waals surface area contributed by atoms with E-state index in [-0.39, 0.29) is 14.9 Å². The van der Waals surface area contributed by atoms with Crippen molar-refractivity contribution in [2.75, 3.05) is 12.4 Å². The molecule has 0 radical (unpaired) electrons. The van der Waals surface area contributed by atoms with E-state index in [0.717, 1.165) is 15.8 Å². The van der Waals surface area contributed by atoms with Crippen molar-refractivity contribution in [2.24, 2.45) is 0 Å². The number of hydrogen-bond acceptors (Lipinski definition) is 7. The van der Waals surface area contributed by atoms with E-state index < -0.39 is 26.5 Å². The van der Waals surface area contributed by atoms with Crippen LogP contribution in [0.4, 0.5) is 5.13 Å². The van der Waals surface area contributed by atoms with Crippen molar-refractivity contribution in [3.8, 4) is 0 Å². The van der Waals surface area contributed by atoms with Gasteiger partial charge in [-0.05, 0) is 45.0 Å². The third kappa shape index (κ3) is 3.81. The fourth-order valence-electron chi connectivity index (χ4n) is 2.01. The summed E-state index contributed by atoms with van der Waals surface area (Å²) in [5, 5.41) is 2.61. The highest BCUT2D eigenvalue weighted by atomic mass is 79.9. The van der Waals surface area contributed by atoms with E-state index >= 15 is 0 Å². The average Bonchev–Trinajstić information content (AvgIpc) is 2.94. The molecule has 1 N–H and O–H groups in total. The molecule has 140 valence electrons. The van der Waals surface area contributed by atoms with Crippen LogP contribution in [0.5, 0.6) is 0 Å².